The molecular formula is C8H15BrN4. The van der Waals surface area contributed by atoms with Crippen LogP contribution in [0.2, 0.25) is 0 Å². The van der Waals surface area contributed by atoms with Gasteiger partial charge in [-0.2, -0.15) is 5.10 Å². The van der Waals surface area contributed by atoms with Gasteiger partial charge in [-0.15, -0.1) is 0 Å². The monoisotopic (exact) mass is 246 g/mol. The molecule has 0 bridgehead atoms. The van der Waals surface area contributed by atoms with Crippen LogP contribution in [0.1, 0.15) is 26.2 Å². The summed E-state index contributed by atoms with van der Waals surface area (Å²) in [5.74, 6) is 0.558. The van der Waals surface area contributed by atoms with Crippen LogP contribution in [-0.4, -0.2) is 9.78 Å². The first-order chi connectivity index (χ1) is 6.16. The van der Waals surface area contributed by atoms with Crippen LogP contribution in [0.15, 0.2) is 4.60 Å². The van der Waals surface area contributed by atoms with Crippen molar-refractivity contribution in [2.24, 2.45) is 0 Å². The van der Waals surface area contributed by atoms with E-state index in [9.17, 15) is 0 Å². The molecular weight excluding hydrogens is 232 g/mol. The molecule has 13 heavy (non-hydrogen) atoms. The van der Waals surface area contributed by atoms with Gasteiger partial charge in [-0.3, -0.25) is 0 Å². The molecule has 0 unspecified atom stereocenters. The second-order valence-electron chi connectivity index (χ2n) is 3.02. The number of anilines is 2. The normalized spacial score (nSPS) is 10.6. The van der Waals surface area contributed by atoms with E-state index in [1.807, 2.05) is 0 Å². The summed E-state index contributed by atoms with van der Waals surface area (Å²) in [6, 6.07) is 0. The third-order valence-corrected chi connectivity index (χ3v) is 2.54. The Kier molecular flexibility index (Phi) is 3.59. The summed E-state index contributed by atoms with van der Waals surface area (Å²) in [5, 5.41) is 4.16. The predicted octanol–water partition coefficient (Wildman–Crippen LogP) is 2.00. The van der Waals surface area contributed by atoms with E-state index in [4.69, 9.17) is 11.5 Å². The molecule has 0 radical (unpaired) electrons. The van der Waals surface area contributed by atoms with Crippen molar-refractivity contribution < 1.29 is 0 Å². The Morgan fingerprint density at radius 1 is 1.38 bits per heavy atom. The number of aryl methyl sites for hydroxylation is 1. The minimum Gasteiger partial charge on any atom is -0.393 e. The fourth-order valence-corrected chi connectivity index (χ4v) is 1.54. The smallest absolute Gasteiger partial charge is 0.153 e. The molecule has 74 valence electrons. The Morgan fingerprint density at radius 3 is 2.54 bits per heavy atom. The second kappa shape index (κ2) is 4.50. The summed E-state index contributed by atoms with van der Waals surface area (Å²) < 4.78 is 2.39. The van der Waals surface area contributed by atoms with Crippen LogP contribution in [0.3, 0.4) is 0 Å². The Labute approximate surface area is 86.4 Å². The minimum absolute atomic E-state index is 0.538. The summed E-state index contributed by atoms with van der Waals surface area (Å²) in [4.78, 5) is 0. The van der Waals surface area contributed by atoms with E-state index in [1.165, 1.54) is 12.8 Å². The van der Waals surface area contributed by atoms with E-state index in [-0.39, 0.29) is 0 Å². The lowest BCUT2D eigenvalue weighted by Crippen LogP contribution is -2.05. The van der Waals surface area contributed by atoms with Crippen molar-refractivity contribution in [2.75, 3.05) is 11.5 Å². The molecule has 4 nitrogen and oxygen atoms in total. The van der Waals surface area contributed by atoms with E-state index >= 15 is 0 Å². The molecule has 1 rings (SSSR count). The van der Waals surface area contributed by atoms with E-state index in [0.717, 1.165) is 13.0 Å². The van der Waals surface area contributed by atoms with Gasteiger partial charge in [0.05, 0.1) is 0 Å². The quantitative estimate of drug-likeness (QED) is 0.799. The average Bonchev–Trinajstić information content (AvgIpc) is 2.34. The van der Waals surface area contributed by atoms with E-state index in [1.54, 1.807) is 4.68 Å². The highest BCUT2D eigenvalue weighted by molar-refractivity contribution is 9.10. The zero-order valence-corrected chi connectivity index (χ0v) is 9.34. The number of aromatic nitrogens is 2. The van der Waals surface area contributed by atoms with Gasteiger partial charge in [-0.1, -0.05) is 19.8 Å². The number of nitrogens with two attached hydrogens (primary N) is 2. The van der Waals surface area contributed by atoms with Crippen LogP contribution >= 0.6 is 15.9 Å². The molecule has 0 aliphatic rings. The number of nitrogen functional groups attached to an aromatic ring is 2. The number of halogens is 1. The van der Waals surface area contributed by atoms with Crippen molar-refractivity contribution in [3.63, 3.8) is 0 Å². The van der Waals surface area contributed by atoms with Gasteiger partial charge in [0, 0.05) is 6.54 Å². The number of hydrogen-bond acceptors (Lipinski definition) is 3. The molecule has 4 N–H and O–H groups in total. The van der Waals surface area contributed by atoms with Crippen molar-refractivity contribution in [3.05, 3.63) is 4.60 Å². The maximum atomic E-state index is 5.73. The molecule has 0 aliphatic carbocycles. The van der Waals surface area contributed by atoms with Crippen molar-refractivity contribution >= 4 is 27.4 Å². The molecule has 1 aromatic rings. The summed E-state index contributed by atoms with van der Waals surface area (Å²) in [5.41, 5.74) is 11.9. The first-order valence-corrected chi connectivity index (χ1v) is 5.23. The summed E-state index contributed by atoms with van der Waals surface area (Å²) >= 11 is 3.24. The molecule has 1 aromatic heterocycles. The van der Waals surface area contributed by atoms with Crippen LogP contribution < -0.4 is 11.5 Å². The lowest BCUT2D eigenvalue weighted by molar-refractivity contribution is 0.557. The van der Waals surface area contributed by atoms with Gasteiger partial charge in [-0.25, -0.2) is 4.68 Å². The lowest BCUT2D eigenvalue weighted by atomic mass is 10.2. The third kappa shape index (κ3) is 2.37. The Hall–Kier alpha value is -0.710. The zero-order chi connectivity index (χ0) is 9.84. The van der Waals surface area contributed by atoms with Crippen molar-refractivity contribution in [1.29, 1.82) is 0 Å². The zero-order valence-electron chi connectivity index (χ0n) is 7.76. The molecule has 0 fully saturated rings. The summed E-state index contributed by atoms with van der Waals surface area (Å²) in [7, 11) is 0. The van der Waals surface area contributed by atoms with Gasteiger partial charge < -0.3 is 11.5 Å². The fourth-order valence-electron chi connectivity index (χ4n) is 1.14. The van der Waals surface area contributed by atoms with Crippen molar-refractivity contribution in [2.45, 2.75) is 32.7 Å². The predicted molar refractivity (Wildman–Crippen MR) is 58.3 cm³/mol. The molecule has 0 saturated heterocycles. The third-order valence-electron chi connectivity index (χ3n) is 1.96. The summed E-state index contributed by atoms with van der Waals surface area (Å²) in [6.45, 7) is 3.01. The largest absolute Gasteiger partial charge is 0.393 e. The van der Waals surface area contributed by atoms with E-state index in [2.05, 4.69) is 28.0 Å². The Bertz CT molecular complexity index is 282. The second-order valence-corrected chi connectivity index (χ2v) is 3.77. The van der Waals surface area contributed by atoms with Gasteiger partial charge in [0.1, 0.15) is 11.5 Å². The van der Waals surface area contributed by atoms with Gasteiger partial charge in [-0.05, 0) is 22.4 Å². The van der Waals surface area contributed by atoms with Crippen LogP contribution in [0.5, 0.6) is 0 Å². The van der Waals surface area contributed by atoms with Gasteiger partial charge in [0.2, 0.25) is 0 Å². The molecule has 5 heteroatoms. The maximum Gasteiger partial charge on any atom is 0.153 e. The topological polar surface area (TPSA) is 69.9 Å². The lowest BCUT2D eigenvalue weighted by Gasteiger charge is -2.02. The minimum atomic E-state index is 0.538. The Morgan fingerprint density at radius 2 is 2.08 bits per heavy atom. The fraction of sp³-hybridized carbons (Fsp3) is 0.625. The first-order valence-electron chi connectivity index (χ1n) is 4.44. The highest BCUT2D eigenvalue weighted by Crippen LogP contribution is 2.24. The van der Waals surface area contributed by atoms with Gasteiger partial charge in [0.25, 0.3) is 0 Å². The Balaban J connectivity index is 2.61. The molecule has 0 spiro atoms. The van der Waals surface area contributed by atoms with Crippen LogP contribution in [0.25, 0.3) is 0 Å². The average molecular weight is 247 g/mol. The molecule has 0 aliphatic heterocycles. The van der Waals surface area contributed by atoms with Crippen LogP contribution in [0.4, 0.5) is 11.5 Å². The molecule has 1 heterocycles. The highest BCUT2D eigenvalue weighted by Gasteiger charge is 2.08. The number of unbranched alkanes of at least 4 members (excludes halogenated alkanes) is 2. The van der Waals surface area contributed by atoms with Crippen molar-refractivity contribution in [3.8, 4) is 0 Å². The number of hydrogen-bond donors (Lipinski definition) is 2. The van der Waals surface area contributed by atoms with E-state index in [0.29, 0.717) is 16.1 Å². The van der Waals surface area contributed by atoms with Crippen molar-refractivity contribution in [1.82, 2.24) is 9.78 Å². The van der Waals surface area contributed by atoms with Crippen LogP contribution in [0, 0.1) is 0 Å². The van der Waals surface area contributed by atoms with Gasteiger partial charge in [0.15, 0.2) is 4.60 Å². The maximum absolute atomic E-state index is 5.73. The van der Waals surface area contributed by atoms with E-state index < -0.39 is 0 Å². The molecule has 0 saturated carbocycles. The summed E-state index contributed by atoms with van der Waals surface area (Å²) in [6.07, 6.45) is 3.48. The van der Waals surface area contributed by atoms with Crippen LogP contribution in [-0.2, 0) is 6.54 Å². The molecule has 0 atom stereocenters. The highest BCUT2D eigenvalue weighted by atomic mass is 79.9. The molecule has 0 aromatic carbocycles. The van der Waals surface area contributed by atoms with Gasteiger partial charge >= 0.3 is 0 Å². The first kappa shape index (κ1) is 10.4. The number of rotatable bonds is 4. The molecule has 0 amide bonds. The number of nitrogens with zero attached hydrogens (tertiary/aromatic N) is 2. The SMILES string of the molecule is CCCCCn1nc(Br)c(N)c1N. The standard InChI is InChI=1S/C8H15BrN4/c1-2-3-4-5-13-8(11)6(10)7(9)12-13/h2-5,10-11H2,1H3.